The van der Waals surface area contributed by atoms with Gasteiger partial charge in [0.05, 0.1) is 31.6 Å². The van der Waals surface area contributed by atoms with Gasteiger partial charge in [-0.1, -0.05) is 126 Å². The lowest BCUT2D eigenvalue weighted by Crippen LogP contribution is -2.19. The monoisotopic (exact) mass is 1060 g/mol. The molecule has 23 nitrogen and oxygen atoms in total. The molecule has 0 spiro atoms. The highest BCUT2D eigenvalue weighted by atomic mass is 35.5. The first-order valence-corrected chi connectivity index (χ1v) is 21.4. The number of rotatable bonds is 8. The summed E-state index contributed by atoms with van der Waals surface area (Å²) in [6.07, 6.45) is -4.96. The molecule has 0 unspecified atom stereocenters. The number of benzene rings is 6. The zero-order valence-electron chi connectivity index (χ0n) is 36.8. The van der Waals surface area contributed by atoms with E-state index in [1.807, 2.05) is 42.5 Å². The molecule has 9 aromatic rings. The van der Waals surface area contributed by atoms with E-state index >= 15 is 0 Å². The van der Waals surface area contributed by atoms with Gasteiger partial charge in [-0.25, -0.2) is 19.2 Å². The predicted octanol–water partition coefficient (Wildman–Crippen LogP) is 9.53. The van der Waals surface area contributed by atoms with Gasteiger partial charge in [-0.15, -0.1) is 13.2 Å². The average molecular weight is 1060 g/mol. The molecule has 3 aromatic heterocycles. The van der Waals surface area contributed by atoms with E-state index in [9.17, 15) is 37.7 Å². The molecule has 0 saturated heterocycles. The van der Waals surface area contributed by atoms with Crippen molar-refractivity contribution in [3.05, 3.63) is 134 Å². The molecule has 6 aromatic carbocycles. The third-order valence-electron chi connectivity index (χ3n) is 9.74. The Morgan fingerprint density at radius 3 is 1.26 bits per heavy atom. The van der Waals surface area contributed by atoms with Gasteiger partial charge < -0.3 is 39.1 Å². The summed E-state index contributed by atoms with van der Waals surface area (Å²) >= 11 is 18.7. The van der Waals surface area contributed by atoms with E-state index in [0.717, 1.165) is 11.1 Å². The maximum absolute atomic E-state index is 12.8. The summed E-state index contributed by atoms with van der Waals surface area (Å²) in [6.45, 7) is 0. The number of nitrogens with zero attached hydrogens (tertiary/aromatic N) is 4. The van der Waals surface area contributed by atoms with Crippen molar-refractivity contribution in [2.24, 2.45) is 28.7 Å². The van der Waals surface area contributed by atoms with Crippen LogP contribution in [0.15, 0.2) is 109 Å². The number of hydrogen-bond donors (Lipinski definition) is 12. The third kappa shape index (κ3) is 12.6. The highest BCUT2D eigenvalue weighted by Gasteiger charge is 2.35. The predicted molar refractivity (Wildman–Crippen MR) is 271 cm³/mol. The summed E-state index contributed by atoms with van der Waals surface area (Å²) in [5, 5.41) is 39.0. The zero-order valence-corrected chi connectivity index (χ0v) is 39.0. The van der Waals surface area contributed by atoms with Crippen molar-refractivity contribution in [2.45, 2.75) is 6.36 Å². The molecule has 73 heavy (non-hydrogen) atoms. The number of nitrogens with one attached hydrogen (secondary N) is 6. The lowest BCUT2D eigenvalue weighted by atomic mass is 10.0. The van der Waals surface area contributed by atoms with Crippen molar-refractivity contribution in [3.8, 4) is 39.1 Å². The van der Waals surface area contributed by atoms with Gasteiger partial charge in [-0.3, -0.25) is 41.4 Å². The number of carbonyl (C=O) groups excluding carboxylic acids is 4. The number of nitro benzene ring substituents is 1. The SMILES string of the molecule is NC(=O)Nc1n[nH]c2c(N)c(Cl)c(-c3ccccc3)cc12.NC(=O)Nc1n[nH]c2c(OC(F)(F)F)c(Cl)c(-c3ccccc3)cc12.NC(=O)Nc1n[nH]c2c([N+](=O)[O-])c(Cl)c(-c3ccccc3)cc12.NC(N)=O. The number of ether oxygens (including phenoxy) is 1. The maximum Gasteiger partial charge on any atom is 0.573 e. The number of fused-ring (bicyclic) bond motifs is 3. The summed E-state index contributed by atoms with van der Waals surface area (Å²) in [7, 11) is 0. The quantitative estimate of drug-likeness (QED) is 0.0386. The van der Waals surface area contributed by atoms with E-state index in [2.05, 4.69) is 62.7 Å². The second kappa shape index (κ2) is 22.5. The Morgan fingerprint density at radius 2 is 0.890 bits per heavy atom. The summed E-state index contributed by atoms with van der Waals surface area (Å²) in [6, 6.07) is 28.7. The van der Waals surface area contributed by atoms with Crippen LogP contribution >= 0.6 is 34.8 Å². The number of alkyl halides is 3. The largest absolute Gasteiger partial charge is 0.573 e. The lowest BCUT2D eigenvalue weighted by Gasteiger charge is -2.14. The van der Waals surface area contributed by atoms with Crippen LogP contribution in [-0.2, 0) is 0 Å². The molecule has 376 valence electrons. The molecule has 0 aliphatic rings. The fourth-order valence-electron chi connectivity index (χ4n) is 6.88. The van der Waals surface area contributed by atoms with Crippen LogP contribution < -0.4 is 55.1 Å². The number of nitrogens with two attached hydrogens (primary N) is 6. The Labute approximate surface area is 421 Å². The smallest absolute Gasteiger partial charge is 0.402 e. The molecule has 0 fully saturated rings. The molecule has 0 radical (unpaired) electrons. The van der Waals surface area contributed by atoms with Crippen molar-refractivity contribution in [1.82, 2.24) is 30.6 Å². The van der Waals surface area contributed by atoms with Gasteiger partial charge in [0.25, 0.3) is 0 Å². The molecule has 18 N–H and O–H groups in total. The molecule has 8 amide bonds. The number of hydrogen-bond acceptors (Lipinski definition) is 11. The number of H-pyrrole nitrogens is 3. The molecule has 9 rings (SSSR count). The minimum atomic E-state index is -4.96. The van der Waals surface area contributed by atoms with Gasteiger partial charge in [0.2, 0.25) is 0 Å². The molecule has 0 aliphatic heterocycles. The van der Waals surface area contributed by atoms with Crippen LogP contribution in [0.2, 0.25) is 15.1 Å². The van der Waals surface area contributed by atoms with Gasteiger partial charge in [-0.05, 0) is 34.9 Å². The Balaban J connectivity index is 0.000000173. The molecule has 0 bridgehead atoms. The van der Waals surface area contributed by atoms with Crippen LogP contribution in [0.3, 0.4) is 0 Å². The van der Waals surface area contributed by atoms with E-state index in [0.29, 0.717) is 49.5 Å². The third-order valence-corrected chi connectivity index (χ3v) is 10.9. The van der Waals surface area contributed by atoms with Crippen molar-refractivity contribution >= 4 is 120 Å². The van der Waals surface area contributed by atoms with Gasteiger partial charge in [0.1, 0.15) is 16.1 Å². The van der Waals surface area contributed by atoms with Crippen LogP contribution in [0.25, 0.3) is 66.1 Å². The molecular formula is C44H36Cl3F3N16O7. The Bertz CT molecular complexity index is 3520. The van der Waals surface area contributed by atoms with E-state index in [1.165, 1.54) is 6.07 Å². The Morgan fingerprint density at radius 1 is 0.562 bits per heavy atom. The van der Waals surface area contributed by atoms with Crippen LogP contribution in [0.4, 0.5) is 61.2 Å². The number of amides is 8. The summed E-state index contributed by atoms with van der Waals surface area (Å²) in [5.41, 5.74) is 34.1. The van der Waals surface area contributed by atoms with E-state index in [1.54, 1.807) is 60.7 Å². The number of halogens is 6. The first-order valence-electron chi connectivity index (χ1n) is 20.2. The topological polar surface area (TPSA) is 399 Å². The van der Waals surface area contributed by atoms with Crippen LogP contribution in [0.1, 0.15) is 0 Å². The van der Waals surface area contributed by atoms with Crippen LogP contribution in [-0.4, -0.2) is 66.0 Å². The van der Waals surface area contributed by atoms with E-state index in [4.69, 9.17) is 62.5 Å². The molecule has 0 atom stereocenters. The minimum Gasteiger partial charge on any atom is -0.402 e. The average Bonchev–Trinajstić information content (AvgIpc) is 4.04. The van der Waals surface area contributed by atoms with Crippen LogP contribution in [0.5, 0.6) is 5.75 Å². The standard InChI is InChI=1S/C15H10ClF3N4O2.C14H10ClN5O3.C14H12ClN5O.CH4N2O/c16-10-8(7-4-2-1-3-5-7)6-9-11(12(10)25-15(17,18)19)22-23-13(9)21-14(20)24;15-10-8(7-4-2-1-3-5-7)6-9-11(12(10)20(22)23)18-19-13(9)17-14(16)21;15-10-8(7-4-2-1-3-5-7)6-9-12(11(10)16)19-20-13(9)18-14(17)21;2-1(3)4/h1-6H,(H4,20,21,22,23,24);1-6H,(H4,16,17,18,19,21);1-6H,16H2,(H4,17,18,19,20,21);(H4,2,3,4). The van der Waals surface area contributed by atoms with E-state index in [-0.39, 0.29) is 49.4 Å². The van der Waals surface area contributed by atoms with Crippen molar-refractivity contribution in [2.75, 3.05) is 21.7 Å². The van der Waals surface area contributed by atoms with Gasteiger partial charge in [0, 0.05) is 27.5 Å². The van der Waals surface area contributed by atoms with Crippen molar-refractivity contribution in [1.29, 1.82) is 0 Å². The molecule has 29 heteroatoms. The summed E-state index contributed by atoms with van der Waals surface area (Å²) in [5.74, 6) is -0.263. The maximum atomic E-state index is 12.8. The number of nitro groups is 1. The highest BCUT2D eigenvalue weighted by molar-refractivity contribution is 6.38. The number of aromatic nitrogens is 6. The number of aromatic amines is 3. The minimum absolute atomic E-state index is 0.0111. The molecule has 3 heterocycles. The summed E-state index contributed by atoms with van der Waals surface area (Å²) in [4.78, 5) is 52.9. The number of urea groups is 4. The van der Waals surface area contributed by atoms with Gasteiger partial charge in [-0.2, -0.15) is 15.3 Å². The highest BCUT2D eigenvalue weighted by Crippen LogP contribution is 2.45. The fourth-order valence-corrected chi connectivity index (χ4v) is 7.76. The second-order valence-corrected chi connectivity index (χ2v) is 15.7. The molecule has 0 saturated carbocycles. The number of anilines is 4. The molecular weight excluding hydrogens is 1030 g/mol. The second-order valence-electron chi connectivity index (χ2n) is 14.6. The Hall–Kier alpha value is -9.53. The van der Waals surface area contributed by atoms with Crippen molar-refractivity contribution in [3.63, 3.8) is 0 Å². The zero-order chi connectivity index (χ0) is 53.3. The van der Waals surface area contributed by atoms with Crippen molar-refractivity contribution < 1.29 is 42.0 Å². The van der Waals surface area contributed by atoms with Crippen LogP contribution in [0, 0.1) is 10.1 Å². The Kier molecular flexibility index (Phi) is 16.3. The first-order chi connectivity index (χ1) is 34.6. The van der Waals surface area contributed by atoms with E-state index < -0.39 is 41.2 Å². The first kappa shape index (κ1) is 52.8. The number of nitrogen functional groups attached to an aromatic ring is 1. The normalized spacial score (nSPS) is 10.7. The fraction of sp³-hybridized carbons (Fsp3) is 0.0227. The molecule has 0 aliphatic carbocycles. The number of carbonyl (C=O) groups is 4. The van der Waals surface area contributed by atoms with Gasteiger partial charge in [0.15, 0.2) is 23.2 Å². The number of primary amides is 5. The summed E-state index contributed by atoms with van der Waals surface area (Å²) < 4.78 is 42.5. The van der Waals surface area contributed by atoms with Gasteiger partial charge >= 0.3 is 36.2 Å². The lowest BCUT2D eigenvalue weighted by molar-refractivity contribution is -0.383.